The maximum atomic E-state index is 11.9. The fourth-order valence-corrected chi connectivity index (χ4v) is 3.88. The first kappa shape index (κ1) is 16.8. The molecule has 2 aromatic rings. The minimum Gasteiger partial charge on any atom is -0.351 e. The lowest BCUT2D eigenvalue weighted by atomic mass is 10.1. The highest BCUT2D eigenvalue weighted by molar-refractivity contribution is 6.14. The third kappa shape index (κ3) is 3.28. The minimum atomic E-state index is -0.525. The van der Waals surface area contributed by atoms with Gasteiger partial charge in [0.25, 0.3) is 5.91 Å². The van der Waals surface area contributed by atoms with Gasteiger partial charge in [0.1, 0.15) is 5.70 Å². The molecule has 1 aliphatic heterocycles. The average Bonchev–Trinajstić information content (AvgIpc) is 3.56. The highest BCUT2D eigenvalue weighted by atomic mass is 16.2. The summed E-state index contributed by atoms with van der Waals surface area (Å²) in [5, 5.41) is 16.1. The first-order valence-corrected chi connectivity index (χ1v) is 10.3. The molecule has 4 N–H and O–H groups in total. The van der Waals surface area contributed by atoms with Crippen molar-refractivity contribution in [3.05, 3.63) is 17.5 Å². The predicted molar refractivity (Wildman–Crippen MR) is 105 cm³/mol. The molecule has 2 aromatic heterocycles. The highest BCUT2D eigenvalue weighted by Gasteiger charge is 2.42. The number of fused-ring (bicyclic) bond motifs is 1. The topological polar surface area (TPSA) is 125 Å². The molecule has 0 radical (unpaired) electrons. The Morgan fingerprint density at radius 1 is 1.07 bits per heavy atom. The van der Waals surface area contributed by atoms with Crippen molar-refractivity contribution in [1.82, 2.24) is 30.2 Å². The molecule has 29 heavy (non-hydrogen) atoms. The van der Waals surface area contributed by atoms with Crippen molar-refractivity contribution in [3.8, 4) is 0 Å². The number of anilines is 2. The molecular formula is C19H22N8O2. The second-order valence-corrected chi connectivity index (χ2v) is 8.44. The second kappa shape index (κ2) is 6.16. The Hall–Kier alpha value is -3.17. The number of urea groups is 1. The van der Waals surface area contributed by atoms with Crippen LogP contribution in [0.25, 0.3) is 11.7 Å². The molecule has 6 rings (SSSR count). The Morgan fingerprint density at radius 3 is 2.45 bits per heavy atom. The Morgan fingerprint density at radius 2 is 1.83 bits per heavy atom. The number of hydrogen-bond donors (Lipinski definition) is 4. The fraction of sp³-hybridized carbons (Fsp3) is 0.526. The number of nitrogens with one attached hydrogen (secondary N) is 4. The van der Waals surface area contributed by atoms with Crippen LogP contribution in [0.1, 0.15) is 44.1 Å². The number of imide groups is 1. The molecule has 3 amide bonds. The molecule has 0 aromatic carbocycles. The van der Waals surface area contributed by atoms with Gasteiger partial charge in [-0.25, -0.2) is 4.79 Å². The van der Waals surface area contributed by atoms with Gasteiger partial charge in [-0.2, -0.15) is 19.6 Å². The zero-order valence-corrected chi connectivity index (χ0v) is 15.8. The van der Waals surface area contributed by atoms with Gasteiger partial charge in [0.2, 0.25) is 11.9 Å². The summed E-state index contributed by atoms with van der Waals surface area (Å²) < 4.78 is 1.66. The number of aromatic nitrogens is 4. The molecule has 1 saturated heterocycles. The van der Waals surface area contributed by atoms with E-state index in [1.807, 2.05) is 0 Å². The van der Waals surface area contributed by atoms with E-state index in [-0.39, 0.29) is 5.70 Å². The van der Waals surface area contributed by atoms with Crippen LogP contribution < -0.4 is 21.3 Å². The molecule has 10 heteroatoms. The smallest absolute Gasteiger partial charge is 0.326 e. The van der Waals surface area contributed by atoms with E-state index in [2.05, 4.69) is 26.4 Å². The molecule has 3 aliphatic carbocycles. The van der Waals surface area contributed by atoms with Crippen molar-refractivity contribution < 1.29 is 9.59 Å². The molecule has 4 fully saturated rings. The number of carbonyl (C=O) groups excluding carboxylic acids is 2. The van der Waals surface area contributed by atoms with Crippen LogP contribution in [-0.4, -0.2) is 43.6 Å². The highest BCUT2D eigenvalue weighted by Crippen LogP contribution is 2.45. The number of carbonyl (C=O) groups is 2. The van der Waals surface area contributed by atoms with Crippen molar-refractivity contribution in [2.75, 3.05) is 10.6 Å². The maximum absolute atomic E-state index is 11.9. The van der Waals surface area contributed by atoms with Crippen molar-refractivity contribution in [2.45, 2.75) is 50.6 Å². The zero-order valence-electron chi connectivity index (χ0n) is 15.8. The van der Waals surface area contributed by atoms with E-state index in [1.165, 1.54) is 25.7 Å². The largest absolute Gasteiger partial charge is 0.351 e. The molecule has 3 heterocycles. The first-order chi connectivity index (χ1) is 14.1. The fourth-order valence-electron chi connectivity index (χ4n) is 3.88. The van der Waals surface area contributed by atoms with E-state index < -0.39 is 11.9 Å². The van der Waals surface area contributed by atoms with Gasteiger partial charge in [-0.1, -0.05) is 0 Å². The summed E-state index contributed by atoms with van der Waals surface area (Å²) in [4.78, 5) is 32.7. The van der Waals surface area contributed by atoms with Crippen LogP contribution in [0.5, 0.6) is 0 Å². The van der Waals surface area contributed by atoms with E-state index in [4.69, 9.17) is 9.97 Å². The molecule has 0 atom stereocenters. The molecule has 150 valence electrons. The van der Waals surface area contributed by atoms with Crippen molar-refractivity contribution in [3.63, 3.8) is 0 Å². The van der Waals surface area contributed by atoms with Gasteiger partial charge >= 0.3 is 6.03 Å². The Labute approximate surface area is 166 Å². The van der Waals surface area contributed by atoms with Gasteiger partial charge in [-0.3, -0.25) is 10.1 Å². The van der Waals surface area contributed by atoms with Crippen molar-refractivity contribution in [1.29, 1.82) is 0 Å². The second-order valence-electron chi connectivity index (χ2n) is 8.44. The van der Waals surface area contributed by atoms with Gasteiger partial charge in [-0.15, -0.1) is 0 Å². The van der Waals surface area contributed by atoms with Crippen molar-refractivity contribution in [2.24, 2.45) is 11.8 Å². The van der Waals surface area contributed by atoms with Crippen LogP contribution in [0.3, 0.4) is 0 Å². The lowest BCUT2D eigenvalue weighted by Crippen LogP contribution is -2.26. The van der Waals surface area contributed by atoms with E-state index >= 15 is 0 Å². The Balaban J connectivity index is 1.39. The van der Waals surface area contributed by atoms with E-state index in [0.717, 1.165) is 12.8 Å². The van der Waals surface area contributed by atoms with Gasteiger partial charge in [0, 0.05) is 17.6 Å². The van der Waals surface area contributed by atoms with Crippen LogP contribution in [-0.2, 0) is 4.79 Å². The first-order valence-electron chi connectivity index (χ1n) is 10.3. The number of rotatable bonds is 7. The van der Waals surface area contributed by atoms with E-state index in [0.29, 0.717) is 47.0 Å². The zero-order chi connectivity index (χ0) is 19.5. The SMILES string of the molecule is O=C1NC(=O)/C(=C/c2cnn3c(NC4CC4)nc(NC(C4CC4)C4CC4)nc23)N1. The number of amides is 3. The normalized spacial score (nSPS) is 23.0. The predicted octanol–water partition coefficient (Wildman–Crippen LogP) is 1.48. The summed E-state index contributed by atoms with van der Waals surface area (Å²) in [5.74, 6) is 2.21. The van der Waals surface area contributed by atoms with Crippen LogP contribution in [0, 0.1) is 11.8 Å². The summed E-state index contributed by atoms with van der Waals surface area (Å²) in [6.07, 6.45) is 10.5. The minimum absolute atomic E-state index is 0.184. The van der Waals surface area contributed by atoms with Gasteiger partial charge in [0.05, 0.1) is 6.20 Å². The Bertz CT molecular complexity index is 1040. The quantitative estimate of drug-likeness (QED) is 0.414. The lowest BCUT2D eigenvalue weighted by Gasteiger charge is -2.18. The van der Waals surface area contributed by atoms with Crippen LogP contribution >= 0.6 is 0 Å². The third-order valence-corrected chi connectivity index (χ3v) is 5.88. The van der Waals surface area contributed by atoms with Gasteiger partial charge in [0.15, 0.2) is 5.65 Å². The van der Waals surface area contributed by atoms with Crippen LogP contribution in [0.2, 0.25) is 0 Å². The van der Waals surface area contributed by atoms with E-state index in [1.54, 1.807) is 16.8 Å². The van der Waals surface area contributed by atoms with Crippen LogP contribution in [0.15, 0.2) is 11.9 Å². The lowest BCUT2D eigenvalue weighted by molar-refractivity contribution is -0.115. The standard InChI is InChI=1S/C19H22N8O2/c28-16-13(22-19(29)25-16)7-11-8-20-27-15(11)24-17(26-18(27)21-12-5-6-12)23-14(9-1-2-9)10-3-4-10/h7-10,12,14H,1-6H2,(H2,21,23,24,26)(H2,22,25,28,29)/b13-7-. The monoisotopic (exact) mass is 394 g/mol. The molecule has 0 spiro atoms. The summed E-state index contributed by atoms with van der Waals surface area (Å²) in [6.45, 7) is 0. The van der Waals surface area contributed by atoms with Crippen LogP contribution in [0.4, 0.5) is 16.7 Å². The summed E-state index contributed by atoms with van der Waals surface area (Å²) in [6, 6.07) is 0.313. The molecule has 4 aliphatic rings. The third-order valence-electron chi connectivity index (χ3n) is 5.88. The molecule has 3 saturated carbocycles. The number of nitrogens with zero attached hydrogens (tertiary/aromatic N) is 4. The summed E-state index contributed by atoms with van der Waals surface area (Å²) in [5.41, 5.74) is 1.43. The molecule has 0 bridgehead atoms. The summed E-state index contributed by atoms with van der Waals surface area (Å²) in [7, 11) is 0. The van der Waals surface area contributed by atoms with Gasteiger partial charge < -0.3 is 16.0 Å². The number of hydrogen-bond acceptors (Lipinski definition) is 7. The molecular weight excluding hydrogens is 372 g/mol. The maximum Gasteiger partial charge on any atom is 0.326 e. The van der Waals surface area contributed by atoms with Gasteiger partial charge in [-0.05, 0) is 56.4 Å². The van der Waals surface area contributed by atoms with Crippen molar-refractivity contribution >= 4 is 35.6 Å². The Kier molecular flexibility index (Phi) is 3.56. The molecule has 0 unspecified atom stereocenters. The average molecular weight is 394 g/mol. The van der Waals surface area contributed by atoms with E-state index in [9.17, 15) is 9.59 Å². The molecule has 10 nitrogen and oxygen atoms in total. The summed E-state index contributed by atoms with van der Waals surface area (Å²) >= 11 is 0.